The Balaban J connectivity index is 1.71. The number of benzene rings is 2. The van der Waals surface area contributed by atoms with E-state index in [0.717, 1.165) is 6.07 Å². The van der Waals surface area contributed by atoms with Gasteiger partial charge in [-0.05, 0) is 48.5 Å². The molecule has 138 valence electrons. The van der Waals surface area contributed by atoms with Crippen LogP contribution in [0.2, 0.25) is 5.02 Å². The van der Waals surface area contributed by atoms with Gasteiger partial charge >= 0.3 is 6.18 Å². The molecular formula is C19H13ClF3N3O. The van der Waals surface area contributed by atoms with Crippen LogP contribution in [0.3, 0.4) is 0 Å². The highest BCUT2D eigenvalue weighted by Crippen LogP contribution is 2.35. The maximum atomic E-state index is 13.0. The number of alkyl halides is 3. The maximum Gasteiger partial charge on any atom is 0.418 e. The first-order valence-corrected chi connectivity index (χ1v) is 8.17. The lowest BCUT2D eigenvalue weighted by atomic mass is 10.1. The smallest absolute Gasteiger partial charge is 0.340 e. The van der Waals surface area contributed by atoms with Crippen molar-refractivity contribution in [1.82, 2.24) is 4.98 Å². The van der Waals surface area contributed by atoms with E-state index in [4.69, 9.17) is 11.6 Å². The molecule has 0 radical (unpaired) electrons. The molecule has 0 saturated carbocycles. The average Bonchev–Trinajstić information content (AvgIpc) is 2.63. The van der Waals surface area contributed by atoms with E-state index in [9.17, 15) is 18.0 Å². The summed E-state index contributed by atoms with van der Waals surface area (Å²) < 4.78 is 39.1. The molecule has 1 amide bonds. The zero-order valence-corrected chi connectivity index (χ0v) is 14.5. The molecular weight excluding hydrogens is 379 g/mol. The number of rotatable bonds is 4. The van der Waals surface area contributed by atoms with Gasteiger partial charge in [-0.2, -0.15) is 13.2 Å². The number of hydrogen-bond donors (Lipinski definition) is 2. The molecule has 0 aliphatic heterocycles. The number of carbonyl (C=O) groups is 1. The van der Waals surface area contributed by atoms with Crippen LogP contribution in [0.15, 0.2) is 66.9 Å². The lowest BCUT2D eigenvalue weighted by Crippen LogP contribution is -2.12. The van der Waals surface area contributed by atoms with Crippen molar-refractivity contribution >= 4 is 34.7 Å². The van der Waals surface area contributed by atoms with Gasteiger partial charge in [-0.15, -0.1) is 0 Å². The summed E-state index contributed by atoms with van der Waals surface area (Å²) in [5.41, 5.74) is -0.0623. The van der Waals surface area contributed by atoms with E-state index < -0.39 is 11.7 Å². The van der Waals surface area contributed by atoms with E-state index in [1.807, 2.05) is 0 Å². The molecule has 0 aliphatic rings. The fraction of sp³-hybridized carbons (Fsp3) is 0.0526. The second-order valence-corrected chi connectivity index (χ2v) is 6.00. The van der Waals surface area contributed by atoms with Crippen LogP contribution in [0.25, 0.3) is 0 Å². The van der Waals surface area contributed by atoms with Crippen LogP contribution in [0, 0.1) is 0 Å². The van der Waals surface area contributed by atoms with Gasteiger partial charge in [0.1, 0.15) is 5.82 Å². The standard InChI is InChI=1S/C19H13ClF3N3O/c20-13-7-5-12(6-8-13)18(27)25-14-9-10-17(24-11-14)26-16-4-2-1-3-15(16)19(21,22)23/h1-11H,(H,24,26)(H,25,27). The van der Waals surface area contributed by atoms with Crippen LogP contribution < -0.4 is 10.6 Å². The van der Waals surface area contributed by atoms with Crippen molar-refractivity contribution in [1.29, 1.82) is 0 Å². The molecule has 0 bridgehead atoms. The van der Waals surface area contributed by atoms with Gasteiger partial charge in [0.25, 0.3) is 5.91 Å². The van der Waals surface area contributed by atoms with Crippen LogP contribution in [0.4, 0.5) is 30.4 Å². The van der Waals surface area contributed by atoms with Crippen molar-refractivity contribution < 1.29 is 18.0 Å². The Morgan fingerprint density at radius 3 is 2.30 bits per heavy atom. The second-order valence-electron chi connectivity index (χ2n) is 5.56. The van der Waals surface area contributed by atoms with E-state index in [2.05, 4.69) is 15.6 Å². The van der Waals surface area contributed by atoms with Crippen molar-refractivity contribution in [3.05, 3.63) is 83.0 Å². The first kappa shape index (κ1) is 18.7. The van der Waals surface area contributed by atoms with E-state index in [-0.39, 0.29) is 17.4 Å². The summed E-state index contributed by atoms with van der Waals surface area (Å²) in [5, 5.41) is 5.81. The molecule has 8 heteroatoms. The lowest BCUT2D eigenvalue weighted by molar-refractivity contribution is -0.136. The summed E-state index contributed by atoms with van der Waals surface area (Å²) in [5.74, 6) is -0.132. The van der Waals surface area contributed by atoms with E-state index in [0.29, 0.717) is 16.3 Å². The highest BCUT2D eigenvalue weighted by Gasteiger charge is 2.33. The summed E-state index contributed by atoms with van der Waals surface area (Å²) in [4.78, 5) is 16.2. The predicted molar refractivity (Wildman–Crippen MR) is 98.4 cm³/mol. The van der Waals surface area contributed by atoms with Crippen molar-refractivity contribution in [2.24, 2.45) is 0 Å². The lowest BCUT2D eigenvalue weighted by Gasteiger charge is -2.14. The van der Waals surface area contributed by atoms with Crippen LogP contribution >= 0.6 is 11.6 Å². The highest BCUT2D eigenvalue weighted by molar-refractivity contribution is 6.30. The van der Waals surface area contributed by atoms with Crippen molar-refractivity contribution in [3.8, 4) is 0 Å². The molecule has 2 N–H and O–H groups in total. The predicted octanol–water partition coefficient (Wildman–Crippen LogP) is 5.75. The third-order valence-electron chi connectivity index (χ3n) is 3.62. The average molecular weight is 392 g/mol. The summed E-state index contributed by atoms with van der Waals surface area (Å²) in [6.07, 6.45) is -3.12. The third-order valence-corrected chi connectivity index (χ3v) is 3.87. The minimum Gasteiger partial charge on any atom is -0.340 e. The highest BCUT2D eigenvalue weighted by atomic mass is 35.5. The number of hydrogen-bond acceptors (Lipinski definition) is 3. The van der Waals surface area contributed by atoms with Gasteiger partial charge in [-0.1, -0.05) is 23.7 Å². The fourth-order valence-corrected chi connectivity index (χ4v) is 2.45. The second kappa shape index (κ2) is 7.67. The Morgan fingerprint density at radius 2 is 1.67 bits per heavy atom. The monoisotopic (exact) mass is 391 g/mol. The normalized spacial score (nSPS) is 11.1. The largest absolute Gasteiger partial charge is 0.418 e. The number of nitrogens with one attached hydrogen (secondary N) is 2. The zero-order chi connectivity index (χ0) is 19.4. The Morgan fingerprint density at radius 1 is 0.963 bits per heavy atom. The van der Waals surface area contributed by atoms with Gasteiger partial charge < -0.3 is 10.6 Å². The summed E-state index contributed by atoms with van der Waals surface area (Å²) >= 11 is 5.78. The van der Waals surface area contributed by atoms with Gasteiger partial charge in [0, 0.05) is 10.6 Å². The number of nitrogens with zero attached hydrogens (tertiary/aromatic N) is 1. The first-order valence-electron chi connectivity index (χ1n) is 7.79. The molecule has 0 saturated heterocycles. The number of anilines is 3. The molecule has 0 aliphatic carbocycles. The van der Waals surface area contributed by atoms with Gasteiger partial charge in [-0.25, -0.2) is 4.98 Å². The van der Waals surface area contributed by atoms with Crippen LogP contribution in [-0.4, -0.2) is 10.9 Å². The minimum atomic E-state index is -4.48. The Labute approximate surface area is 158 Å². The van der Waals surface area contributed by atoms with E-state index >= 15 is 0 Å². The molecule has 0 unspecified atom stereocenters. The van der Waals surface area contributed by atoms with Gasteiger partial charge in [0.05, 0.1) is 23.1 Å². The Hall–Kier alpha value is -3.06. The van der Waals surface area contributed by atoms with Crippen molar-refractivity contribution in [2.45, 2.75) is 6.18 Å². The molecule has 3 rings (SSSR count). The van der Waals surface area contributed by atoms with Gasteiger partial charge in [-0.3, -0.25) is 4.79 Å². The van der Waals surface area contributed by atoms with Crippen LogP contribution in [0.1, 0.15) is 15.9 Å². The molecule has 1 aromatic heterocycles. The number of pyridine rings is 1. The summed E-state index contributed by atoms with van der Waals surface area (Å²) in [6.45, 7) is 0. The summed E-state index contributed by atoms with van der Waals surface area (Å²) in [7, 11) is 0. The van der Waals surface area contributed by atoms with Gasteiger partial charge in [0.15, 0.2) is 0 Å². The number of amides is 1. The molecule has 1 heterocycles. The third kappa shape index (κ3) is 4.77. The quantitative estimate of drug-likeness (QED) is 0.595. The van der Waals surface area contributed by atoms with Crippen molar-refractivity contribution in [3.63, 3.8) is 0 Å². The van der Waals surface area contributed by atoms with E-state index in [1.165, 1.54) is 30.5 Å². The SMILES string of the molecule is O=C(Nc1ccc(Nc2ccccc2C(F)(F)F)nc1)c1ccc(Cl)cc1. The van der Waals surface area contributed by atoms with Crippen LogP contribution in [0.5, 0.6) is 0 Å². The number of carbonyl (C=O) groups excluding carboxylic acids is 1. The molecule has 4 nitrogen and oxygen atoms in total. The molecule has 3 aromatic rings. The fourth-order valence-electron chi connectivity index (χ4n) is 2.32. The maximum absolute atomic E-state index is 13.0. The van der Waals surface area contributed by atoms with Gasteiger partial charge in [0.2, 0.25) is 0 Å². The van der Waals surface area contributed by atoms with Crippen LogP contribution in [-0.2, 0) is 6.18 Å². The Kier molecular flexibility index (Phi) is 5.32. The summed E-state index contributed by atoms with van der Waals surface area (Å²) in [6, 6.07) is 14.5. The molecule has 27 heavy (non-hydrogen) atoms. The molecule has 0 atom stereocenters. The zero-order valence-electron chi connectivity index (χ0n) is 13.7. The van der Waals surface area contributed by atoms with Crippen molar-refractivity contribution in [2.75, 3.05) is 10.6 Å². The Bertz CT molecular complexity index is 942. The number of aromatic nitrogens is 1. The number of halogens is 4. The number of para-hydroxylation sites is 1. The molecule has 0 spiro atoms. The molecule has 0 fully saturated rings. The topological polar surface area (TPSA) is 54.0 Å². The minimum absolute atomic E-state index is 0.101. The first-order chi connectivity index (χ1) is 12.8. The van der Waals surface area contributed by atoms with E-state index in [1.54, 1.807) is 30.3 Å². The molecule has 2 aromatic carbocycles.